The van der Waals surface area contributed by atoms with Crippen LogP contribution in [0.1, 0.15) is 25.0 Å². The van der Waals surface area contributed by atoms with Gasteiger partial charge in [-0.2, -0.15) is 5.26 Å². The molecule has 1 aromatic rings. The van der Waals surface area contributed by atoms with E-state index in [1.807, 2.05) is 6.07 Å². The average molecular weight is 278 g/mol. The normalized spacial score (nSPS) is 24.3. The number of benzene rings is 1. The van der Waals surface area contributed by atoms with E-state index in [-0.39, 0.29) is 5.75 Å². The van der Waals surface area contributed by atoms with Crippen LogP contribution in [0.4, 0.5) is 0 Å². The van der Waals surface area contributed by atoms with Crippen molar-refractivity contribution in [1.82, 2.24) is 4.31 Å². The summed E-state index contributed by atoms with van der Waals surface area (Å²) < 4.78 is 26.3. The van der Waals surface area contributed by atoms with Gasteiger partial charge in [0.1, 0.15) is 0 Å². The monoisotopic (exact) mass is 278 g/mol. The maximum Gasteiger partial charge on any atom is 0.218 e. The van der Waals surface area contributed by atoms with Crippen molar-refractivity contribution in [2.24, 2.45) is 11.8 Å². The number of hydrogen-bond donors (Lipinski definition) is 0. The second-order valence-corrected chi connectivity index (χ2v) is 7.27. The van der Waals surface area contributed by atoms with Crippen molar-refractivity contribution in [1.29, 1.82) is 5.26 Å². The van der Waals surface area contributed by atoms with Crippen LogP contribution in [-0.4, -0.2) is 25.8 Å². The van der Waals surface area contributed by atoms with Gasteiger partial charge in [0.05, 0.1) is 17.4 Å². The zero-order chi connectivity index (χ0) is 14.0. The lowest BCUT2D eigenvalue weighted by Gasteiger charge is -2.16. The number of nitrogens with zero attached hydrogens (tertiary/aromatic N) is 2. The molecule has 19 heavy (non-hydrogen) atoms. The molecular weight excluding hydrogens is 260 g/mol. The summed E-state index contributed by atoms with van der Waals surface area (Å²) in [6, 6.07) is 8.91. The maximum absolute atomic E-state index is 12.4. The van der Waals surface area contributed by atoms with Crippen LogP contribution in [0.15, 0.2) is 24.3 Å². The van der Waals surface area contributed by atoms with E-state index in [1.165, 1.54) is 0 Å². The summed E-state index contributed by atoms with van der Waals surface area (Å²) in [5.41, 5.74) is 1.02. The molecule has 1 saturated heterocycles. The van der Waals surface area contributed by atoms with Gasteiger partial charge in [-0.25, -0.2) is 12.7 Å². The molecular formula is C14H18N2O2S. The van der Waals surface area contributed by atoms with Crippen molar-refractivity contribution in [3.63, 3.8) is 0 Å². The third-order valence-corrected chi connectivity index (χ3v) is 5.58. The zero-order valence-corrected chi connectivity index (χ0v) is 12.0. The number of hydrogen-bond acceptors (Lipinski definition) is 3. The Balaban J connectivity index is 2.21. The first kappa shape index (κ1) is 14.0. The second-order valence-electron chi connectivity index (χ2n) is 5.30. The third-order valence-electron chi connectivity index (χ3n) is 3.82. The zero-order valence-electron chi connectivity index (χ0n) is 11.2. The summed E-state index contributed by atoms with van der Waals surface area (Å²) in [7, 11) is -3.33. The summed E-state index contributed by atoms with van der Waals surface area (Å²) in [5.74, 6) is 0.692. The first-order valence-corrected chi connectivity index (χ1v) is 8.01. The molecule has 0 bridgehead atoms. The second kappa shape index (κ2) is 5.32. The topological polar surface area (TPSA) is 61.2 Å². The molecule has 1 aromatic carbocycles. The molecule has 1 fully saturated rings. The van der Waals surface area contributed by atoms with Crippen LogP contribution in [0, 0.1) is 23.2 Å². The Morgan fingerprint density at radius 3 is 2.42 bits per heavy atom. The van der Waals surface area contributed by atoms with Crippen LogP contribution < -0.4 is 0 Å². The van der Waals surface area contributed by atoms with Gasteiger partial charge in [0.2, 0.25) is 10.0 Å². The summed E-state index contributed by atoms with van der Waals surface area (Å²) in [4.78, 5) is 0. The fourth-order valence-electron chi connectivity index (χ4n) is 2.35. The van der Waals surface area contributed by atoms with E-state index < -0.39 is 10.0 Å². The Morgan fingerprint density at radius 2 is 1.84 bits per heavy atom. The van der Waals surface area contributed by atoms with E-state index in [0.29, 0.717) is 36.1 Å². The highest BCUT2D eigenvalue weighted by atomic mass is 32.2. The quantitative estimate of drug-likeness (QED) is 0.849. The number of rotatable bonds is 3. The van der Waals surface area contributed by atoms with E-state index in [0.717, 1.165) is 0 Å². The summed E-state index contributed by atoms with van der Waals surface area (Å²) in [6.07, 6.45) is 0. The van der Waals surface area contributed by atoms with Crippen molar-refractivity contribution in [3.8, 4) is 6.07 Å². The molecule has 0 aromatic heterocycles. The van der Waals surface area contributed by atoms with Crippen LogP contribution in [0.5, 0.6) is 0 Å². The Labute approximate surface area is 114 Å². The molecule has 1 aliphatic heterocycles. The Hall–Kier alpha value is -1.38. The summed E-state index contributed by atoms with van der Waals surface area (Å²) in [6.45, 7) is 5.31. The number of sulfonamides is 1. The highest BCUT2D eigenvalue weighted by molar-refractivity contribution is 7.88. The predicted octanol–water partition coefficient (Wildman–Crippen LogP) is 1.98. The van der Waals surface area contributed by atoms with Crippen molar-refractivity contribution in [2.75, 3.05) is 13.1 Å². The van der Waals surface area contributed by atoms with E-state index in [1.54, 1.807) is 28.6 Å². The molecule has 0 amide bonds. The Kier molecular flexibility index (Phi) is 3.93. The highest BCUT2D eigenvalue weighted by Crippen LogP contribution is 2.26. The van der Waals surface area contributed by atoms with Gasteiger partial charge in [-0.3, -0.25) is 0 Å². The molecule has 1 heterocycles. The lowest BCUT2D eigenvalue weighted by molar-refractivity contribution is 0.462. The van der Waals surface area contributed by atoms with E-state index in [4.69, 9.17) is 5.26 Å². The molecule has 5 heteroatoms. The molecule has 2 rings (SSSR count). The molecule has 0 aliphatic carbocycles. The van der Waals surface area contributed by atoms with Crippen molar-refractivity contribution < 1.29 is 8.42 Å². The first-order chi connectivity index (χ1) is 8.94. The Bertz CT molecular complexity index is 594. The molecule has 2 unspecified atom stereocenters. The van der Waals surface area contributed by atoms with Gasteiger partial charge in [0, 0.05) is 13.1 Å². The van der Waals surface area contributed by atoms with Gasteiger partial charge in [-0.05, 0) is 23.5 Å². The minimum atomic E-state index is -3.33. The fraction of sp³-hybridized carbons (Fsp3) is 0.500. The average Bonchev–Trinajstić information content (AvgIpc) is 2.71. The first-order valence-electron chi connectivity index (χ1n) is 6.40. The SMILES string of the molecule is CC1CN(S(=O)(=O)Cc2ccccc2C#N)CC1C. The largest absolute Gasteiger partial charge is 0.218 e. The summed E-state index contributed by atoms with van der Waals surface area (Å²) >= 11 is 0. The number of nitriles is 1. The van der Waals surface area contributed by atoms with Crippen LogP contribution in [0.25, 0.3) is 0 Å². The van der Waals surface area contributed by atoms with Gasteiger partial charge in [0.15, 0.2) is 0 Å². The van der Waals surface area contributed by atoms with Gasteiger partial charge in [-0.1, -0.05) is 32.0 Å². The van der Waals surface area contributed by atoms with Crippen molar-refractivity contribution >= 4 is 10.0 Å². The van der Waals surface area contributed by atoms with Crippen LogP contribution >= 0.6 is 0 Å². The van der Waals surface area contributed by atoms with Gasteiger partial charge < -0.3 is 0 Å². The van der Waals surface area contributed by atoms with E-state index >= 15 is 0 Å². The molecule has 1 aliphatic rings. The molecule has 0 radical (unpaired) electrons. The molecule has 0 spiro atoms. The van der Waals surface area contributed by atoms with E-state index in [2.05, 4.69) is 13.8 Å². The standard InChI is InChI=1S/C14H18N2O2S/c1-11-8-16(9-12(11)2)19(17,18)10-14-6-4-3-5-13(14)7-15/h3-6,11-12H,8-10H2,1-2H3. The smallest absolute Gasteiger partial charge is 0.212 e. The van der Waals surface area contributed by atoms with Crippen LogP contribution in [-0.2, 0) is 15.8 Å². The lowest BCUT2D eigenvalue weighted by atomic mass is 10.0. The molecule has 0 saturated carbocycles. The predicted molar refractivity (Wildman–Crippen MR) is 73.7 cm³/mol. The van der Waals surface area contributed by atoms with Crippen molar-refractivity contribution in [2.45, 2.75) is 19.6 Å². The Morgan fingerprint density at radius 1 is 1.26 bits per heavy atom. The highest BCUT2D eigenvalue weighted by Gasteiger charge is 2.34. The minimum Gasteiger partial charge on any atom is -0.212 e. The van der Waals surface area contributed by atoms with Gasteiger partial charge >= 0.3 is 0 Å². The third kappa shape index (κ3) is 2.96. The van der Waals surface area contributed by atoms with Crippen LogP contribution in [0.3, 0.4) is 0 Å². The van der Waals surface area contributed by atoms with E-state index in [9.17, 15) is 8.42 Å². The van der Waals surface area contributed by atoms with Gasteiger partial charge in [0.25, 0.3) is 0 Å². The molecule has 4 nitrogen and oxygen atoms in total. The minimum absolute atomic E-state index is 0.0871. The maximum atomic E-state index is 12.4. The van der Waals surface area contributed by atoms with Crippen molar-refractivity contribution in [3.05, 3.63) is 35.4 Å². The van der Waals surface area contributed by atoms with Crippen LogP contribution in [0.2, 0.25) is 0 Å². The molecule has 102 valence electrons. The fourth-order valence-corrected chi connectivity index (χ4v) is 4.10. The molecule has 0 N–H and O–H groups in total. The lowest BCUT2D eigenvalue weighted by Crippen LogP contribution is -2.30. The summed E-state index contributed by atoms with van der Waals surface area (Å²) in [5, 5.41) is 9.01. The van der Waals surface area contributed by atoms with Gasteiger partial charge in [-0.15, -0.1) is 0 Å². The molecule has 2 atom stereocenters.